The monoisotopic (exact) mass is 240 g/mol. The van der Waals surface area contributed by atoms with E-state index < -0.39 is 0 Å². The quantitative estimate of drug-likeness (QED) is 0.758. The van der Waals surface area contributed by atoms with E-state index in [-0.39, 0.29) is 5.92 Å². The van der Waals surface area contributed by atoms with Gasteiger partial charge in [-0.2, -0.15) is 0 Å². The molecule has 1 aromatic carbocycles. The van der Waals surface area contributed by atoms with Crippen molar-refractivity contribution in [2.24, 2.45) is 0 Å². The zero-order valence-corrected chi connectivity index (χ0v) is 9.69. The summed E-state index contributed by atoms with van der Waals surface area (Å²) in [5.74, 6) is 0.101. The molecule has 0 bridgehead atoms. The molecular weight excluding hydrogens is 228 g/mol. The number of allylic oxidation sites excluding steroid dienone is 4. The van der Waals surface area contributed by atoms with Crippen molar-refractivity contribution < 1.29 is 9.53 Å². The predicted octanol–water partition coefficient (Wildman–Crippen LogP) is 2.57. The van der Waals surface area contributed by atoms with Crippen molar-refractivity contribution in [2.45, 2.75) is 12.3 Å². The third-order valence-corrected chi connectivity index (χ3v) is 3.02. The fourth-order valence-electron chi connectivity index (χ4n) is 2.13. The number of rotatable bonds is 2. The first-order valence-corrected chi connectivity index (χ1v) is 5.84. The maximum atomic E-state index is 11.7. The SMILES string of the molecule is [O-][n+]1onc(C2C=CC=CC2)c1-c1ccccc1. The Labute approximate surface area is 104 Å². The molecule has 18 heavy (non-hydrogen) atoms. The fourth-order valence-corrected chi connectivity index (χ4v) is 2.13. The average molecular weight is 240 g/mol. The maximum Gasteiger partial charge on any atom is 0.233 e. The Morgan fingerprint density at radius 3 is 2.78 bits per heavy atom. The Morgan fingerprint density at radius 2 is 2.06 bits per heavy atom. The lowest BCUT2D eigenvalue weighted by Crippen LogP contribution is -2.25. The summed E-state index contributed by atoms with van der Waals surface area (Å²) in [6, 6.07) is 9.46. The van der Waals surface area contributed by atoms with Crippen LogP contribution in [0.3, 0.4) is 0 Å². The Balaban J connectivity index is 2.07. The number of nitrogens with zero attached hydrogens (tertiary/aromatic N) is 2. The minimum atomic E-state index is 0.101. The van der Waals surface area contributed by atoms with Crippen molar-refractivity contribution >= 4 is 0 Å². The topological polar surface area (TPSA) is 53.0 Å². The van der Waals surface area contributed by atoms with Crippen LogP contribution in [0, 0.1) is 5.21 Å². The molecule has 0 N–H and O–H groups in total. The van der Waals surface area contributed by atoms with Crippen LogP contribution in [0.1, 0.15) is 18.0 Å². The van der Waals surface area contributed by atoms with Gasteiger partial charge in [-0.25, -0.2) is 0 Å². The second-order valence-corrected chi connectivity index (χ2v) is 4.19. The summed E-state index contributed by atoms with van der Waals surface area (Å²) in [7, 11) is 0. The van der Waals surface area contributed by atoms with E-state index in [1.54, 1.807) is 0 Å². The van der Waals surface area contributed by atoms with Crippen LogP contribution in [0.4, 0.5) is 0 Å². The van der Waals surface area contributed by atoms with E-state index in [9.17, 15) is 5.21 Å². The molecule has 4 nitrogen and oxygen atoms in total. The van der Waals surface area contributed by atoms with Gasteiger partial charge < -0.3 is 5.21 Å². The first-order chi connectivity index (χ1) is 8.86. The van der Waals surface area contributed by atoms with Crippen LogP contribution in [0.2, 0.25) is 0 Å². The molecule has 0 fully saturated rings. The third kappa shape index (κ3) is 1.82. The highest BCUT2D eigenvalue weighted by Crippen LogP contribution is 2.29. The van der Waals surface area contributed by atoms with E-state index in [4.69, 9.17) is 4.63 Å². The summed E-state index contributed by atoms with van der Waals surface area (Å²) in [5, 5.41) is 15.6. The predicted molar refractivity (Wildman–Crippen MR) is 66.5 cm³/mol. The van der Waals surface area contributed by atoms with Crippen LogP contribution in [-0.4, -0.2) is 5.16 Å². The van der Waals surface area contributed by atoms with Gasteiger partial charge in [0.2, 0.25) is 11.4 Å². The molecule has 1 heterocycles. The van der Waals surface area contributed by atoms with E-state index in [0.29, 0.717) is 16.3 Å². The maximum absolute atomic E-state index is 11.7. The standard InChI is InChI=1S/C14H12N2O2/c17-16-14(12-9-5-2-6-10-12)13(15-18-16)11-7-3-1-4-8-11/h1-7,9-11H,8H2. The molecule has 90 valence electrons. The molecule has 0 spiro atoms. The molecule has 3 rings (SSSR count). The molecular formula is C14H12N2O2. The Bertz CT molecular complexity index is 600. The van der Waals surface area contributed by atoms with Crippen molar-refractivity contribution in [2.75, 3.05) is 0 Å². The lowest BCUT2D eigenvalue weighted by Gasteiger charge is -2.07. The van der Waals surface area contributed by atoms with E-state index >= 15 is 0 Å². The number of benzene rings is 1. The minimum absolute atomic E-state index is 0.101. The summed E-state index contributed by atoms with van der Waals surface area (Å²) in [4.78, 5) is 0.483. The van der Waals surface area contributed by atoms with Crippen molar-refractivity contribution in [1.82, 2.24) is 5.16 Å². The molecule has 1 aliphatic rings. The van der Waals surface area contributed by atoms with Gasteiger partial charge in [0.15, 0.2) is 0 Å². The summed E-state index contributed by atoms with van der Waals surface area (Å²) < 4.78 is 4.76. The van der Waals surface area contributed by atoms with Crippen LogP contribution in [0.15, 0.2) is 59.3 Å². The third-order valence-electron chi connectivity index (χ3n) is 3.02. The van der Waals surface area contributed by atoms with Gasteiger partial charge in [0, 0.05) is 10.7 Å². The summed E-state index contributed by atoms with van der Waals surface area (Å²) in [5.41, 5.74) is 2.02. The number of aromatic nitrogens is 2. The molecule has 1 atom stereocenters. The van der Waals surface area contributed by atoms with Gasteiger partial charge >= 0.3 is 0 Å². The lowest BCUT2D eigenvalue weighted by atomic mass is 9.94. The van der Waals surface area contributed by atoms with Crippen LogP contribution in [-0.2, 0) is 0 Å². The van der Waals surface area contributed by atoms with Crippen molar-refractivity contribution in [1.29, 1.82) is 0 Å². The fraction of sp³-hybridized carbons (Fsp3) is 0.143. The van der Waals surface area contributed by atoms with Crippen molar-refractivity contribution in [3.63, 3.8) is 0 Å². The molecule has 0 saturated heterocycles. The highest BCUT2D eigenvalue weighted by atomic mass is 16.8. The van der Waals surface area contributed by atoms with Gasteiger partial charge in [0.1, 0.15) is 0 Å². The molecule has 4 heteroatoms. The Hall–Kier alpha value is -2.36. The van der Waals surface area contributed by atoms with Crippen molar-refractivity contribution in [3.8, 4) is 11.3 Å². The number of hydrogen-bond donors (Lipinski definition) is 0. The van der Waals surface area contributed by atoms with E-state index in [1.165, 1.54) is 0 Å². The first kappa shape index (κ1) is 10.8. The molecule has 0 radical (unpaired) electrons. The molecule has 1 aromatic heterocycles. The smallest absolute Gasteiger partial charge is 0.233 e. The Morgan fingerprint density at radius 1 is 1.22 bits per heavy atom. The largest absolute Gasteiger partial charge is 0.359 e. The Kier molecular flexibility index (Phi) is 2.68. The summed E-state index contributed by atoms with van der Waals surface area (Å²) in [6.45, 7) is 0. The molecule has 1 aliphatic carbocycles. The zero-order valence-electron chi connectivity index (χ0n) is 9.69. The van der Waals surface area contributed by atoms with Gasteiger partial charge in [-0.1, -0.05) is 54.6 Å². The van der Waals surface area contributed by atoms with E-state index in [0.717, 1.165) is 12.0 Å². The van der Waals surface area contributed by atoms with Gasteiger partial charge in [-0.05, 0) is 11.3 Å². The second-order valence-electron chi connectivity index (χ2n) is 4.19. The number of hydrogen-bond acceptors (Lipinski definition) is 3. The minimum Gasteiger partial charge on any atom is -0.359 e. The molecule has 0 aliphatic heterocycles. The average Bonchev–Trinajstić information content (AvgIpc) is 2.83. The van der Waals surface area contributed by atoms with E-state index in [2.05, 4.69) is 11.2 Å². The second kappa shape index (κ2) is 4.49. The van der Waals surface area contributed by atoms with Gasteiger partial charge in [-0.15, -0.1) is 0 Å². The normalized spacial score (nSPS) is 18.1. The van der Waals surface area contributed by atoms with Crippen molar-refractivity contribution in [3.05, 3.63) is 65.5 Å². The van der Waals surface area contributed by atoms with Crippen LogP contribution in [0.25, 0.3) is 11.3 Å². The van der Waals surface area contributed by atoms with Gasteiger partial charge in [0.25, 0.3) is 0 Å². The van der Waals surface area contributed by atoms with Gasteiger partial charge in [-0.3, -0.25) is 4.63 Å². The molecule has 1 unspecified atom stereocenters. The molecule has 0 saturated carbocycles. The lowest BCUT2D eigenvalue weighted by molar-refractivity contribution is -0.793. The highest BCUT2D eigenvalue weighted by Gasteiger charge is 2.27. The van der Waals surface area contributed by atoms with Crippen LogP contribution >= 0.6 is 0 Å². The van der Waals surface area contributed by atoms with Crippen LogP contribution in [0.5, 0.6) is 0 Å². The van der Waals surface area contributed by atoms with Gasteiger partial charge in [0.05, 0.1) is 5.92 Å². The summed E-state index contributed by atoms with van der Waals surface area (Å²) >= 11 is 0. The van der Waals surface area contributed by atoms with Crippen LogP contribution < -0.4 is 4.90 Å². The molecule has 2 aromatic rings. The van der Waals surface area contributed by atoms with E-state index in [1.807, 2.05) is 48.6 Å². The first-order valence-electron chi connectivity index (χ1n) is 5.84. The highest BCUT2D eigenvalue weighted by molar-refractivity contribution is 5.59. The zero-order chi connectivity index (χ0) is 12.4. The molecule has 0 amide bonds. The summed E-state index contributed by atoms with van der Waals surface area (Å²) in [6.07, 6.45) is 8.88.